The molecule has 0 spiro atoms. The smallest absolute Gasteiger partial charge is 0.168 e. The van der Waals surface area contributed by atoms with E-state index in [-0.39, 0.29) is 5.78 Å². The molecule has 0 atom stereocenters. The maximum absolute atomic E-state index is 12.2. The number of Topliss-reactive ketones (excluding diaryl/α,β-unsaturated/α-hetero) is 1. The quantitative estimate of drug-likeness (QED) is 0.530. The van der Waals surface area contributed by atoms with E-state index in [9.17, 15) is 4.79 Å². The Morgan fingerprint density at radius 3 is 2.29 bits per heavy atom. The molecule has 2 nitrogen and oxygen atoms in total. The van der Waals surface area contributed by atoms with Crippen molar-refractivity contribution in [3.63, 3.8) is 0 Å². The van der Waals surface area contributed by atoms with E-state index in [0.29, 0.717) is 12.3 Å². The van der Waals surface area contributed by atoms with Crippen LogP contribution in [-0.4, -0.2) is 26.4 Å². The lowest BCUT2D eigenvalue weighted by molar-refractivity contribution is -0.857. The third-order valence-corrected chi connectivity index (χ3v) is 5.62. The normalized spacial score (nSPS) is 21.2. The van der Waals surface area contributed by atoms with Crippen molar-refractivity contribution < 1.29 is 9.69 Å². The van der Waals surface area contributed by atoms with Crippen LogP contribution in [0.1, 0.15) is 86.6 Å². The number of benzene rings is 1. The summed E-state index contributed by atoms with van der Waals surface area (Å²) >= 11 is 0. The van der Waals surface area contributed by atoms with Crippen molar-refractivity contribution in [2.45, 2.75) is 70.6 Å². The van der Waals surface area contributed by atoms with Crippen LogP contribution in [0.15, 0.2) is 24.3 Å². The highest BCUT2D eigenvalue weighted by Gasteiger charge is 2.22. The Kier molecular flexibility index (Phi) is 7.98. The topological polar surface area (TPSA) is 21.5 Å². The van der Waals surface area contributed by atoms with Gasteiger partial charge >= 0.3 is 0 Å². The fraction of sp³-hybridized carbons (Fsp3) is 0.682. The highest BCUT2D eigenvalue weighted by molar-refractivity contribution is 5.96. The van der Waals surface area contributed by atoms with E-state index < -0.39 is 0 Å². The standard InChI is InChI=1S/C22H35NO/c1-4-5-6-7-18-8-10-19(11-9-18)20-12-14-21(15-13-20)22(24)16-17-23(2)3/h12-15,18-19H,4-11,16-17H2,1-3H3/p+1. The minimum absolute atomic E-state index is 0.280. The summed E-state index contributed by atoms with van der Waals surface area (Å²) in [6.07, 6.45) is 11.6. The lowest BCUT2D eigenvalue weighted by Gasteiger charge is -2.29. The third kappa shape index (κ3) is 6.05. The molecule has 0 heterocycles. The molecule has 0 aliphatic heterocycles. The molecule has 0 unspecified atom stereocenters. The fourth-order valence-electron chi connectivity index (χ4n) is 3.92. The van der Waals surface area contributed by atoms with Gasteiger partial charge in [-0.1, -0.05) is 56.9 Å². The third-order valence-electron chi connectivity index (χ3n) is 5.62. The average Bonchev–Trinajstić information content (AvgIpc) is 2.60. The summed E-state index contributed by atoms with van der Waals surface area (Å²) in [6.45, 7) is 3.19. The Morgan fingerprint density at radius 2 is 1.71 bits per heavy atom. The highest BCUT2D eigenvalue weighted by Crippen LogP contribution is 2.37. The summed E-state index contributed by atoms with van der Waals surface area (Å²) in [4.78, 5) is 13.5. The van der Waals surface area contributed by atoms with Crippen molar-refractivity contribution in [1.29, 1.82) is 0 Å². The molecule has 2 rings (SSSR count). The number of rotatable bonds is 9. The first-order chi connectivity index (χ1) is 11.6. The predicted molar refractivity (Wildman–Crippen MR) is 102 cm³/mol. The molecular formula is C22H36NO+. The van der Waals surface area contributed by atoms with Gasteiger partial charge in [0.1, 0.15) is 0 Å². The van der Waals surface area contributed by atoms with Crippen LogP contribution in [0.3, 0.4) is 0 Å². The van der Waals surface area contributed by atoms with Crippen LogP contribution in [0.4, 0.5) is 0 Å². The minimum Gasteiger partial charge on any atom is -0.339 e. The molecule has 1 saturated carbocycles. The molecule has 1 fully saturated rings. The van der Waals surface area contributed by atoms with E-state index in [1.165, 1.54) is 61.8 Å². The van der Waals surface area contributed by atoms with E-state index in [1.54, 1.807) is 0 Å². The Morgan fingerprint density at radius 1 is 1.04 bits per heavy atom. The van der Waals surface area contributed by atoms with E-state index in [2.05, 4.69) is 45.3 Å². The van der Waals surface area contributed by atoms with Gasteiger partial charge in [-0.15, -0.1) is 0 Å². The highest BCUT2D eigenvalue weighted by atomic mass is 16.1. The zero-order valence-electron chi connectivity index (χ0n) is 15.9. The molecule has 1 N–H and O–H groups in total. The van der Waals surface area contributed by atoms with E-state index in [0.717, 1.165) is 18.0 Å². The second-order valence-corrected chi connectivity index (χ2v) is 7.97. The SMILES string of the molecule is CCCCCC1CCC(c2ccc(C(=O)CC[NH+](C)C)cc2)CC1. The van der Waals surface area contributed by atoms with E-state index >= 15 is 0 Å². The number of carbonyl (C=O) groups excluding carboxylic acids is 1. The predicted octanol–water partition coefficient (Wildman–Crippen LogP) is 4.26. The van der Waals surface area contributed by atoms with Crippen LogP contribution in [0.25, 0.3) is 0 Å². The molecule has 1 aliphatic carbocycles. The Bertz CT molecular complexity index is 483. The first-order valence-corrected chi connectivity index (χ1v) is 10.0. The summed E-state index contributed by atoms with van der Waals surface area (Å²) in [7, 11) is 4.18. The van der Waals surface area contributed by atoms with Gasteiger partial charge in [0.25, 0.3) is 0 Å². The van der Waals surface area contributed by atoms with Crippen molar-refractivity contribution in [1.82, 2.24) is 0 Å². The molecule has 1 aromatic rings. The lowest BCUT2D eigenvalue weighted by atomic mass is 9.77. The van der Waals surface area contributed by atoms with Gasteiger partial charge in [-0.05, 0) is 43.1 Å². The molecule has 1 aromatic carbocycles. The van der Waals surface area contributed by atoms with Crippen LogP contribution < -0.4 is 4.90 Å². The van der Waals surface area contributed by atoms with Gasteiger partial charge in [-0.2, -0.15) is 0 Å². The van der Waals surface area contributed by atoms with Crippen LogP contribution in [0.5, 0.6) is 0 Å². The summed E-state index contributed by atoms with van der Waals surface area (Å²) in [5, 5.41) is 0. The van der Waals surface area contributed by atoms with Crippen LogP contribution in [0.2, 0.25) is 0 Å². The number of hydrogen-bond acceptors (Lipinski definition) is 1. The fourth-order valence-corrected chi connectivity index (χ4v) is 3.92. The minimum atomic E-state index is 0.280. The number of quaternary nitrogens is 1. The molecule has 0 saturated heterocycles. The van der Waals surface area contributed by atoms with Gasteiger partial charge in [-0.25, -0.2) is 0 Å². The van der Waals surface area contributed by atoms with E-state index in [1.807, 2.05) is 0 Å². The van der Waals surface area contributed by atoms with Crippen molar-refractivity contribution >= 4 is 5.78 Å². The van der Waals surface area contributed by atoms with Crippen LogP contribution >= 0.6 is 0 Å². The maximum atomic E-state index is 12.2. The second kappa shape index (κ2) is 9.98. The first-order valence-electron chi connectivity index (χ1n) is 10.0. The van der Waals surface area contributed by atoms with E-state index in [4.69, 9.17) is 0 Å². The molecule has 0 amide bonds. The summed E-state index contributed by atoms with van der Waals surface area (Å²) in [5.74, 6) is 1.95. The molecule has 2 heteroatoms. The van der Waals surface area contributed by atoms with Gasteiger partial charge < -0.3 is 4.90 Å². The Balaban J connectivity index is 1.80. The maximum Gasteiger partial charge on any atom is 0.168 e. The number of carbonyl (C=O) groups is 1. The van der Waals surface area contributed by atoms with Gasteiger partial charge in [0.2, 0.25) is 0 Å². The zero-order valence-corrected chi connectivity index (χ0v) is 15.9. The van der Waals surface area contributed by atoms with Crippen LogP contribution in [0, 0.1) is 5.92 Å². The first kappa shape index (κ1) is 19.2. The number of unbranched alkanes of at least 4 members (excludes halogenated alkanes) is 2. The summed E-state index contributed by atoms with van der Waals surface area (Å²) in [6, 6.07) is 8.52. The van der Waals surface area contributed by atoms with Crippen molar-refractivity contribution in [2.75, 3.05) is 20.6 Å². The molecular weight excluding hydrogens is 294 g/mol. The number of nitrogens with one attached hydrogen (secondary N) is 1. The average molecular weight is 331 g/mol. The molecule has 1 aliphatic rings. The molecule has 0 aromatic heterocycles. The van der Waals surface area contributed by atoms with Crippen molar-refractivity contribution in [3.05, 3.63) is 35.4 Å². The number of ketones is 1. The molecule has 24 heavy (non-hydrogen) atoms. The van der Waals surface area contributed by atoms with Gasteiger partial charge in [0.15, 0.2) is 5.78 Å². The van der Waals surface area contributed by atoms with Crippen LogP contribution in [-0.2, 0) is 0 Å². The Labute approximate surface area is 148 Å². The Hall–Kier alpha value is -1.15. The molecule has 134 valence electrons. The zero-order chi connectivity index (χ0) is 17.4. The van der Waals surface area contributed by atoms with Gasteiger partial charge in [0, 0.05) is 5.56 Å². The monoisotopic (exact) mass is 330 g/mol. The molecule has 0 bridgehead atoms. The van der Waals surface area contributed by atoms with Crippen molar-refractivity contribution in [2.24, 2.45) is 5.92 Å². The van der Waals surface area contributed by atoms with Gasteiger partial charge in [0.05, 0.1) is 27.1 Å². The summed E-state index contributed by atoms with van der Waals surface area (Å²) in [5.41, 5.74) is 2.32. The summed E-state index contributed by atoms with van der Waals surface area (Å²) < 4.78 is 0. The second-order valence-electron chi connectivity index (χ2n) is 7.97. The number of hydrogen-bond donors (Lipinski definition) is 1. The van der Waals surface area contributed by atoms with Crippen molar-refractivity contribution in [3.8, 4) is 0 Å². The largest absolute Gasteiger partial charge is 0.339 e. The lowest BCUT2D eigenvalue weighted by Crippen LogP contribution is -3.05. The molecule has 0 radical (unpaired) electrons. The van der Waals surface area contributed by atoms with Gasteiger partial charge in [-0.3, -0.25) is 4.79 Å².